The molecule has 0 bridgehead atoms. The van der Waals surface area contributed by atoms with Crippen molar-refractivity contribution >= 4 is 21.4 Å². The largest absolute Gasteiger partial charge is 0.383 e. The summed E-state index contributed by atoms with van der Waals surface area (Å²) < 4.78 is 27.2. The first-order valence-electron chi connectivity index (χ1n) is 6.83. The third-order valence-corrected chi connectivity index (χ3v) is 5.50. The van der Waals surface area contributed by atoms with Gasteiger partial charge >= 0.3 is 0 Å². The van der Waals surface area contributed by atoms with Crippen molar-refractivity contribution in [2.45, 2.75) is 37.1 Å². The van der Waals surface area contributed by atoms with E-state index in [1.165, 1.54) is 12.1 Å². The molecule has 1 aliphatic carbocycles. The van der Waals surface area contributed by atoms with Crippen LogP contribution >= 0.6 is 0 Å². The van der Waals surface area contributed by atoms with Crippen molar-refractivity contribution in [3.63, 3.8) is 0 Å². The van der Waals surface area contributed by atoms with Crippen LogP contribution < -0.4 is 10.0 Å². The Balaban J connectivity index is 2.27. The first-order chi connectivity index (χ1) is 9.85. The lowest BCUT2D eigenvalue weighted by Gasteiger charge is -2.31. The van der Waals surface area contributed by atoms with Crippen LogP contribution in [0.5, 0.6) is 0 Å². The molecule has 8 heteroatoms. The maximum absolute atomic E-state index is 12.3. The van der Waals surface area contributed by atoms with E-state index in [9.17, 15) is 18.5 Å². The van der Waals surface area contributed by atoms with Crippen LogP contribution in [0.1, 0.15) is 26.2 Å². The molecule has 116 valence electrons. The highest BCUT2D eigenvalue weighted by Crippen LogP contribution is 2.31. The highest BCUT2D eigenvalue weighted by Gasteiger charge is 2.29. The monoisotopic (exact) mass is 313 g/mol. The molecule has 2 rings (SSSR count). The molecule has 1 aromatic carbocycles. The van der Waals surface area contributed by atoms with E-state index in [0.717, 1.165) is 25.3 Å². The van der Waals surface area contributed by atoms with Gasteiger partial charge in [-0.25, -0.2) is 13.1 Å². The third-order valence-electron chi connectivity index (χ3n) is 3.94. The summed E-state index contributed by atoms with van der Waals surface area (Å²) in [6.45, 7) is 1.83. The summed E-state index contributed by atoms with van der Waals surface area (Å²) in [5.74, 6) is 0.353. The van der Waals surface area contributed by atoms with Crippen molar-refractivity contribution in [3.05, 3.63) is 28.3 Å². The van der Waals surface area contributed by atoms with Crippen LogP contribution in [0.4, 0.5) is 11.4 Å². The molecule has 2 N–H and O–H groups in total. The predicted octanol–water partition coefficient (Wildman–Crippen LogP) is 2.10. The Morgan fingerprint density at radius 1 is 1.38 bits per heavy atom. The highest BCUT2D eigenvalue weighted by atomic mass is 32.2. The van der Waals surface area contributed by atoms with Gasteiger partial charge in [-0.15, -0.1) is 0 Å². The summed E-state index contributed by atoms with van der Waals surface area (Å²) in [6, 6.07) is 3.70. The van der Waals surface area contributed by atoms with Gasteiger partial charge < -0.3 is 5.32 Å². The summed E-state index contributed by atoms with van der Waals surface area (Å²) >= 11 is 0. The first-order valence-corrected chi connectivity index (χ1v) is 8.32. The Morgan fingerprint density at radius 3 is 2.52 bits per heavy atom. The van der Waals surface area contributed by atoms with Crippen molar-refractivity contribution < 1.29 is 13.3 Å². The van der Waals surface area contributed by atoms with Crippen molar-refractivity contribution in [1.82, 2.24) is 4.72 Å². The summed E-state index contributed by atoms with van der Waals surface area (Å²) in [5, 5.41) is 13.7. The number of sulfonamides is 1. The van der Waals surface area contributed by atoms with E-state index in [2.05, 4.69) is 10.0 Å². The Labute approximate surface area is 123 Å². The molecule has 0 aliphatic heterocycles. The number of benzene rings is 1. The number of nitrogens with zero attached hydrogens (tertiary/aromatic N) is 1. The normalized spacial score (nSPS) is 17.0. The second-order valence-electron chi connectivity index (χ2n) is 5.29. The van der Waals surface area contributed by atoms with Gasteiger partial charge in [0.05, 0.1) is 9.82 Å². The van der Waals surface area contributed by atoms with E-state index >= 15 is 0 Å². The van der Waals surface area contributed by atoms with E-state index in [0.29, 0.717) is 5.92 Å². The first kappa shape index (κ1) is 15.7. The summed E-state index contributed by atoms with van der Waals surface area (Å²) in [6.07, 6.45) is 3.16. The van der Waals surface area contributed by atoms with Gasteiger partial charge in [0, 0.05) is 19.2 Å². The second-order valence-corrected chi connectivity index (χ2v) is 7.00. The van der Waals surface area contributed by atoms with E-state index in [-0.39, 0.29) is 22.3 Å². The van der Waals surface area contributed by atoms with Gasteiger partial charge in [-0.1, -0.05) is 6.42 Å². The molecule has 1 aliphatic rings. The molecule has 7 nitrogen and oxygen atoms in total. The fourth-order valence-corrected chi connectivity index (χ4v) is 3.72. The lowest BCUT2D eigenvalue weighted by Crippen LogP contribution is -2.40. The molecule has 0 aromatic heterocycles. The van der Waals surface area contributed by atoms with Crippen molar-refractivity contribution in [2.75, 3.05) is 12.4 Å². The van der Waals surface area contributed by atoms with E-state index < -0.39 is 14.9 Å². The Morgan fingerprint density at radius 2 is 2.05 bits per heavy atom. The SMILES string of the molecule is CNc1ccc(S(=O)(=O)NC(C)C2CCC2)cc1[N+](=O)[O-]. The van der Waals surface area contributed by atoms with Crippen LogP contribution in [-0.4, -0.2) is 26.4 Å². The summed E-state index contributed by atoms with van der Waals surface area (Å²) in [4.78, 5) is 10.3. The minimum Gasteiger partial charge on any atom is -0.383 e. The van der Waals surface area contributed by atoms with E-state index in [4.69, 9.17) is 0 Å². The standard InChI is InChI=1S/C13H19N3O4S/c1-9(10-4-3-5-10)15-21(19,20)11-6-7-12(14-2)13(8-11)16(17)18/h6-10,14-15H,3-5H2,1-2H3. The topological polar surface area (TPSA) is 101 Å². The van der Waals surface area contributed by atoms with Crippen LogP contribution in [-0.2, 0) is 10.0 Å². The fourth-order valence-electron chi connectivity index (χ4n) is 2.39. The lowest BCUT2D eigenvalue weighted by molar-refractivity contribution is -0.384. The molecule has 1 unspecified atom stereocenters. The van der Waals surface area contributed by atoms with Crippen LogP contribution in [0.25, 0.3) is 0 Å². The Hall–Kier alpha value is -1.67. The quantitative estimate of drug-likeness (QED) is 0.618. The van der Waals surface area contributed by atoms with Crippen molar-refractivity contribution in [3.8, 4) is 0 Å². The zero-order valence-electron chi connectivity index (χ0n) is 12.0. The minimum atomic E-state index is -3.74. The molecular weight excluding hydrogens is 294 g/mol. The summed E-state index contributed by atoms with van der Waals surface area (Å²) in [5.41, 5.74) is 0.0302. The molecule has 0 heterocycles. The Bertz CT molecular complexity index is 641. The number of anilines is 1. The second kappa shape index (κ2) is 5.98. The molecule has 1 aromatic rings. The minimum absolute atomic E-state index is 0.0839. The van der Waals surface area contributed by atoms with Gasteiger partial charge in [-0.05, 0) is 37.8 Å². The molecule has 21 heavy (non-hydrogen) atoms. The van der Waals surface area contributed by atoms with Crippen LogP contribution in [0.2, 0.25) is 0 Å². The predicted molar refractivity (Wildman–Crippen MR) is 79.8 cm³/mol. The van der Waals surface area contributed by atoms with Gasteiger partial charge in [0.2, 0.25) is 10.0 Å². The smallest absolute Gasteiger partial charge is 0.293 e. The summed E-state index contributed by atoms with van der Waals surface area (Å²) in [7, 11) is -2.19. The fraction of sp³-hybridized carbons (Fsp3) is 0.538. The van der Waals surface area contributed by atoms with Crippen LogP contribution in [0.15, 0.2) is 23.1 Å². The third kappa shape index (κ3) is 3.33. The number of nitrogens with one attached hydrogen (secondary N) is 2. The Kier molecular flexibility index (Phi) is 4.48. The van der Waals surface area contributed by atoms with Gasteiger partial charge in [0.15, 0.2) is 0 Å². The van der Waals surface area contributed by atoms with Crippen LogP contribution in [0.3, 0.4) is 0 Å². The van der Waals surface area contributed by atoms with Gasteiger partial charge in [-0.2, -0.15) is 0 Å². The van der Waals surface area contributed by atoms with Crippen molar-refractivity contribution in [1.29, 1.82) is 0 Å². The van der Waals surface area contributed by atoms with Gasteiger partial charge in [-0.3, -0.25) is 10.1 Å². The zero-order chi connectivity index (χ0) is 15.6. The number of hydrogen-bond donors (Lipinski definition) is 2. The van der Waals surface area contributed by atoms with Crippen molar-refractivity contribution in [2.24, 2.45) is 5.92 Å². The van der Waals surface area contributed by atoms with E-state index in [1.807, 2.05) is 6.92 Å². The lowest BCUT2D eigenvalue weighted by atomic mass is 9.81. The maximum atomic E-state index is 12.3. The molecule has 0 spiro atoms. The molecule has 0 amide bonds. The van der Waals surface area contributed by atoms with Crippen LogP contribution in [0, 0.1) is 16.0 Å². The average molecular weight is 313 g/mol. The number of hydrogen-bond acceptors (Lipinski definition) is 5. The molecule has 1 fully saturated rings. The molecule has 1 saturated carbocycles. The molecule has 0 radical (unpaired) electrons. The highest BCUT2D eigenvalue weighted by molar-refractivity contribution is 7.89. The number of nitro groups is 1. The maximum Gasteiger partial charge on any atom is 0.293 e. The zero-order valence-corrected chi connectivity index (χ0v) is 12.8. The van der Waals surface area contributed by atoms with Gasteiger partial charge in [0.1, 0.15) is 5.69 Å². The molecule has 1 atom stereocenters. The average Bonchev–Trinajstić information content (AvgIpc) is 2.34. The molecule has 0 saturated heterocycles. The molecular formula is C13H19N3O4S. The van der Waals surface area contributed by atoms with Gasteiger partial charge in [0.25, 0.3) is 5.69 Å². The number of nitro benzene ring substituents is 1. The number of rotatable bonds is 6. The van der Waals surface area contributed by atoms with E-state index in [1.54, 1.807) is 7.05 Å².